The number of anilines is 2. The van der Waals surface area contributed by atoms with Gasteiger partial charge >= 0.3 is 0 Å². The Labute approximate surface area is 157 Å². The lowest BCUT2D eigenvalue weighted by Crippen LogP contribution is -2.35. The number of para-hydroxylation sites is 3. The molecule has 0 saturated heterocycles. The third-order valence-electron chi connectivity index (χ3n) is 3.86. The summed E-state index contributed by atoms with van der Waals surface area (Å²) < 4.78 is 0. The molecule has 0 aliphatic carbocycles. The molecule has 126 valence electrons. The zero-order chi connectivity index (χ0) is 17.8. The minimum absolute atomic E-state index is 0.462. The van der Waals surface area contributed by atoms with Crippen LogP contribution in [0.5, 0.6) is 0 Å². The Balaban J connectivity index is 1.76. The summed E-state index contributed by atoms with van der Waals surface area (Å²) in [4.78, 5) is 11.2. The van der Waals surface area contributed by atoms with Crippen molar-refractivity contribution in [3.05, 3.63) is 91.0 Å². The van der Waals surface area contributed by atoms with Gasteiger partial charge in [-0.05, 0) is 48.6 Å². The van der Waals surface area contributed by atoms with E-state index in [9.17, 15) is 0 Å². The predicted molar refractivity (Wildman–Crippen MR) is 113 cm³/mol. The largest absolute Gasteiger partial charge is 0.337 e. The van der Waals surface area contributed by atoms with Gasteiger partial charge in [0.15, 0.2) is 11.7 Å². The molecule has 0 bridgehead atoms. The van der Waals surface area contributed by atoms with E-state index < -0.39 is 0 Å². The predicted octanol–water partition coefficient (Wildman–Crippen LogP) is 5.03. The summed E-state index contributed by atoms with van der Waals surface area (Å²) in [6.07, 6.45) is 0. The van der Waals surface area contributed by atoms with Gasteiger partial charge in [0.05, 0.1) is 11.4 Å². The van der Waals surface area contributed by atoms with Crippen molar-refractivity contribution >= 4 is 46.1 Å². The molecule has 4 rings (SSSR count). The van der Waals surface area contributed by atoms with Gasteiger partial charge in [0.1, 0.15) is 0 Å². The Bertz CT molecular complexity index is 967. The number of thiocarbonyl (C=S) groups is 1. The van der Waals surface area contributed by atoms with E-state index >= 15 is 0 Å². The van der Waals surface area contributed by atoms with Gasteiger partial charge in [-0.2, -0.15) is 4.99 Å². The minimum Gasteiger partial charge on any atom is -0.337 e. The molecule has 26 heavy (non-hydrogen) atoms. The van der Waals surface area contributed by atoms with Gasteiger partial charge in [-0.1, -0.05) is 54.6 Å². The van der Waals surface area contributed by atoms with E-state index in [1.54, 1.807) is 0 Å². The van der Waals surface area contributed by atoms with Crippen molar-refractivity contribution in [3.63, 3.8) is 0 Å². The quantitative estimate of drug-likeness (QED) is 0.669. The first-order valence-corrected chi connectivity index (χ1v) is 8.66. The highest BCUT2D eigenvalue weighted by molar-refractivity contribution is 7.80. The lowest BCUT2D eigenvalue weighted by atomic mass is 10.2. The maximum atomic E-state index is 5.53. The van der Waals surface area contributed by atoms with Gasteiger partial charge in [-0.25, -0.2) is 4.99 Å². The van der Waals surface area contributed by atoms with Crippen LogP contribution in [0.4, 0.5) is 17.1 Å². The number of aliphatic imine (C=N–C) groups is 2. The minimum atomic E-state index is 0.462. The zero-order valence-corrected chi connectivity index (χ0v) is 14.7. The van der Waals surface area contributed by atoms with E-state index in [4.69, 9.17) is 17.2 Å². The zero-order valence-electron chi connectivity index (χ0n) is 13.9. The Morgan fingerprint density at radius 3 is 2.00 bits per heavy atom. The molecule has 1 aliphatic rings. The highest BCUT2D eigenvalue weighted by Gasteiger charge is 2.30. The van der Waals surface area contributed by atoms with Crippen LogP contribution in [0.3, 0.4) is 0 Å². The monoisotopic (exact) mass is 356 g/mol. The van der Waals surface area contributed by atoms with Crippen LogP contribution in [0.15, 0.2) is 101 Å². The summed E-state index contributed by atoms with van der Waals surface area (Å²) in [5.74, 6) is 1.31. The van der Waals surface area contributed by atoms with E-state index in [-0.39, 0.29) is 0 Å². The number of rotatable bonds is 3. The number of hydrogen-bond donors (Lipinski definition) is 1. The second kappa shape index (κ2) is 7.29. The average Bonchev–Trinajstić information content (AvgIpc) is 2.99. The first kappa shape index (κ1) is 16.2. The molecular weight excluding hydrogens is 340 g/mol. The molecule has 4 nitrogen and oxygen atoms in total. The van der Waals surface area contributed by atoms with E-state index in [0.717, 1.165) is 17.1 Å². The van der Waals surface area contributed by atoms with Gasteiger partial charge in [0.2, 0.25) is 5.11 Å². The van der Waals surface area contributed by atoms with Crippen LogP contribution < -0.4 is 10.2 Å². The fourth-order valence-electron chi connectivity index (χ4n) is 2.67. The van der Waals surface area contributed by atoms with Crippen LogP contribution >= 0.6 is 12.2 Å². The van der Waals surface area contributed by atoms with E-state index in [1.807, 2.05) is 95.9 Å². The van der Waals surface area contributed by atoms with Crippen LogP contribution in [-0.4, -0.2) is 16.8 Å². The Hall–Kier alpha value is -3.31. The van der Waals surface area contributed by atoms with Crippen LogP contribution in [0.1, 0.15) is 0 Å². The summed E-state index contributed by atoms with van der Waals surface area (Å²) in [6.45, 7) is 0. The van der Waals surface area contributed by atoms with Gasteiger partial charge in [0, 0.05) is 5.69 Å². The number of nitrogens with one attached hydrogen (secondary N) is 1. The summed E-state index contributed by atoms with van der Waals surface area (Å²) in [5, 5.41) is 3.79. The smallest absolute Gasteiger partial charge is 0.208 e. The van der Waals surface area contributed by atoms with Crippen LogP contribution in [0, 0.1) is 0 Å². The van der Waals surface area contributed by atoms with Gasteiger partial charge in [-0.15, -0.1) is 0 Å². The van der Waals surface area contributed by atoms with Crippen molar-refractivity contribution in [2.75, 3.05) is 10.2 Å². The van der Waals surface area contributed by atoms with Crippen LogP contribution in [0.25, 0.3) is 0 Å². The lowest BCUT2D eigenvalue weighted by molar-refractivity contribution is 1.41. The van der Waals surface area contributed by atoms with E-state index in [0.29, 0.717) is 16.8 Å². The number of hydrogen-bond acceptors (Lipinski definition) is 3. The molecule has 0 aromatic heterocycles. The van der Waals surface area contributed by atoms with E-state index in [2.05, 4.69) is 10.3 Å². The molecule has 0 spiro atoms. The molecule has 0 radical (unpaired) electrons. The fraction of sp³-hybridized carbons (Fsp3) is 0. The molecule has 5 heteroatoms. The molecule has 1 heterocycles. The molecule has 0 atom stereocenters. The second-order valence-electron chi connectivity index (χ2n) is 5.68. The fourth-order valence-corrected chi connectivity index (χ4v) is 2.95. The molecule has 0 saturated carbocycles. The maximum absolute atomic E-state index is 5.53. The molecule has 3 aromatic rings. The van der Waals surface area contributed by atoms with E-state index in [1.165, 1.54) is 0 Å². The topological polar surface area (TPSA) is 40.0 Å². The van der Waals surface area contributed by atoms with Gasteiger partial charge in [-0.3, -0.25) is 4.90 Å². The van der Waals surface area contributed by atoms with Crippen LogP contribution in [-0.2, 0) is 0 Å². The standard InChI is InChI=1S/C21H16N4S/c26-21-24-19(22-16-10-4-1-5-11-16)20(23-17-12-6-2-7-13-17)25(21)18-14-8-3-9-15-18/h1-15H,(H,22,24,26). The summed E-state index contributed by atoms with van der Waals surface area (Å²) in [7, 11) is 0. The third-order valence-corrected chi connectivity index (χ3v) is 4.14. The van der Waals surface area contributed by atoms with Gasteiger partial charge in [0.25, 0.3) is 0 Å². The first-order chi connectivity index (χ1) is 12.8. The number of nitrogens with zero attached hydrogens (tertiary/aromatic N) is 3. The first-order valence-electron chi connectivity index (χ1n) is 8.25. The highest BCUT2D eigenvalue weighted by atomic mass is 32.1. The number of benzene rings is 3. The van der Waals surface area contributed by atoms with Crippen molar-refractivity contribution in [2.45, 2.75) is 0 Å². The van der Waals surface area contributed by atoms with Crippen molar-refractivity contribution in [1.29, 1.82) is 0 Å². The summed E-state index contributed by atoms with van der Waals surface area (Å²) >= 11 is 5.53. The Morgan fingerprint density at radius 1 is 0.769 bits per heavy atom. The normalized spacial score (nSPS) is 15.2. The molecule has 1 aliphatic heterocycles. The molecular formula is C21H16N4S. The Kier molecular flexibility index (Phi) is 4.53. The highest BCUT2D eigenvalue weighted by Crippen LogP contribution is 2.24. The second-order valence-corrected chi connectivity index (χ2v) is 6.04. The Morgan fingerprint density at radius 2 is 1.35 bits per heavy atom. The molecule has 0 amide bonds. The SMILES string of the molecule is S=C1N=C(Nc2ccccc2)C(=Nc2ccccc2)N1c1ccccc1. The number of amidine groups is 2. The molecule has 3 aromatic carbocycles. The average molecular weight is 356 g/mol. The van der Waals surface area contributed by atoms with Crippen LogP contribution in [0.2, 0.25) is 0 Å². The summed E-state index contributed by atoms with van der Waals surface area (Å²) in [5.41, 5.74) is 2.71. The van der Waals surface area contributed by atoms with Crippen molar-refractivity contribution in [2.24, 2.45) is 9.98 Å². The molecule has 0 unspecified atom stereocenters. The van der Waals surface area contributed by atoms with Crippen molar-refractivity contribution < 1.29 is 0 Å². The molecule has 1 N–H and O–H groups in total. The van der Waals surface area contributed by atoms with Crippen molar-refractivity contribution in [1.82, 2.24) is 0 Å². The summed E-state index contributed by atoms with van der Waals surface area (Å²) in [6, 6.07) is 29.6. The van der Waals surface area contributed by atoms with Gasteiger partial charge < -0.3 is 5.32 Å². The molecule has 0 fully saturated rings. The lowest BCUT2D eigenvalue weighted by Gasteiger charge is -2.19. The van der Waals surface area contributed by atoms with Crippen molar-refractivity contribution in [3.8, 4) is 0 Å². The third kappa shape index (κ3) is 3.38. The maximum Gasteiger partial charge on any atom is 0.208 e.